The van der Waals surface area contributed by atoms with Gasteiger partial charge < -0.3 is 4.90 Å². The van der Waals surface area contributed by atoms with Gasteiger partial charge in [0.15, 0.2) is 0 Å². The van der Waals surface area contributed by atoms with Gasteiger partial charge in [-0.3, -0.25) is 4.79 Å². The summed E-state index contributed by atoms with van der Waals surface area (Å²) in [5.41, 5.74) is 2.38. The van der Waals surface area contributed by atoms with Gasteiger partial charge in [-0.2, -0.15) is 0 Å². The maximum absolute atomic E-state index is 11.2. The van der Waals surface area contributed by atoms with Crippen LogP contribution in [0.3, 0.4) is 0 Å². The van der Waals surface area contributed by atoms with Crippen LogP contribution in [-0.4, -0.2) is 13.0 Å². The lowest BCUT2D eigenvalue weighted by molar-refractivity contribution is -0.116. The summed E-state index contributed by atoms with van der Waals surface area (Å²) in [6, 6.07) is 8.13. The second-order valence-electron chi connectivity index (χ2n) is 4.87. The van der Waals surface area contributed by atoms with Crippen LogP contribution in [-0.2, 0) is 10.2 Å². The number of amides is 1. The first kappa shape index (κ1) is 20.0. The van der Waals surface area contributed by atoms with Gasteiger partial charge in [0.2, 0.25) is 5.91 Å². The van der Waals surface area contributed by atoms with E-state index in [1.165, 1.54) is 5.56 Å². The van der Waals surface area contributed by atoms with Crippen LogP contribution in [0.5, 0.6) is 0 Å². The monoisotopic (exact) mass is 265 g/mol. The van der Waals surface area contributed by atoms with Gasteiger partial charge in [0.05, 0.1) is 0 Å². The lowest BCUT2D eigenvalue weighted by Crippen LogP contribution is -2.22. The molecule has 0 spiro atoms. The average molecular weight is 265 g/mol. The summed E-state index contributed by atoms with van der Waals surface area (Å²) in [5.74, 6) is 0.0542. The summed E-state index contributed by atoms with van der Waals surface area (Å²) in [6.07, 6.45) is 0. The van der Waals surface area contributed by atoms with Crippen molar-refractivity contribution in [2.75, 3.05) is 11.9 Å². The smallest absolute Gasteiger partial charge is 0.223 e. The molecule has 1 amide bonds. The van der Waals surface area contributed by atoms with Crippen molar-refractivity contribution in [3.8, 4) is 0 Å². The molecule has 0 unspecified atom stereocenters. The van der Waals surface area contributed by atoms with Crippen molar-refractivity contribution >= 4 is 11.6 Å². The van der Waals surface area contributed by atoms with Crippen LogP contribution in [0, 0.1) is 0 Å². The molecule has 1 rings (SSSR count). The summed E-state index contributed by atoms with van der Waals surface area (Å²) in [5, 5.41) is 0. The van der Waals surface area contributed by atoms with E-state index in [1.807, 2.05) is 39.8 Å². The van der Waals surface area contributed by atoms with Crippen LogP contribution < -0.4 is 4.90 Å². The van der Waals surface area contributed by atoms with Gasteiger partial charge in [-0.15, -0.1) is 0 Å². The lowest BCUT2D eigenvalue weighted by atomic mass is 9.87. The highest BCUT2D eigenvalue weighted by Crippen LogP contribution is 2.24. The molecule has 1 aromatic rings. The Morgan fingerprint density at radius 2 is 1.32 bits per heavy atom. The van der Waals surface area contributed by atoms with E-state index in [9.17, 15) is 4.79 Å². The minimum absolute atomic E-state index is 0.0542. The number of nitrogens with zero attached hydrogens (tertiary/aromatic N) is 1. The number of anilines is 1. The van der Waals surface area contributed by atoms with Crippen molar-refractivity contribution in [2.45, 2.75) is 60.8 Å². The van der Waals surface area contributed by atoms with Crippen molar-refractivity contribution in [3.63, 3.8) is 0 Å². The predicted molar refractivity (Wildman–Crippen MR) is 86.9 cm³/mol. The fourth-order valence-electron chi connectivity index (χ4n) is 1.37. The van der Waals surface area contributed by atoms with E-state index >= 15 is 0 Å². The number of carbonyl (C=O) groups is 1. The Morgan fingerprint density at radius 3 is 1.58 bits per heavy atom. The highest BCUT2D eigenvalue weighted by atomic mass is 16.2. The van der Waals surface area contributed by atoms with Gasteiger partial charge in [0.1, 0.15) is 0 Å². The largest absolute Gasteiger partial charge is 0.316 e. The highest BCUT2D eigenvalue weighted by Gasteiger charge is 2.13. The number of carbonyl (C=O) groups excluding carboxylic acids is 1. The first-order valence-electron chi connectivity index (χ1n) is 7.17. The van der Waals surface area contributed by atoms with Gasteiger partial charge >= 0.3 is 0 Å². The summed E-state index contributed by atoms with van der Waals surface area (Å²) < 4.78 is 0. The standard InChI is InChI=1S/C13H19NO.2C2H6/c1-10(15)14(5)12-8-6-11(7-9-12)13(2,3)4;2*1-2/h6-9H,1-5H3;2*1-2H3. The third kappa shape index (κ3) is 7.00. The van der Waals surface area contributed by atoms with E-state index in [2.05, 4.69) is 32.9 Å². The second-order valence-corrected chi connectivity index (χ2v) is 4.87. The molecule has 0 aromatic heterocycles. The Hall–Kier alpha value is -1.31. The summed E-state index contributed by atoms with van der Waals surface area (Å²) >= 11 is 0. The first-order valence-corrected chi connectivity index (χ1v) is 7.17. The fraction of sp³-hybridized carbons (Fsp3) is 0.588. The zero-order valence-corrected chi connectivity index (χ0v) is 14.2. The Labute approximate surface area is 119 Å². The van der Waals surface area contributed by atoms with Crippen LogP contribution in [0.4, 0.5) is 5.69 Å². The van der Waals surface area contributed by atoms with Crippen LogP contribution in [0.25, 0.3) is 0 Å². The number of rotatable bonds is 1. The number of benzene rings is 1. The van der Waals surface area contributed by atoms with Gasteiger partial charge in [-0.05, 0) is 23.1 Å². The highest BCUT2D eigenvalue weighted by molar-refractivity contribution is 5.90. The van der Waals surface area contributed by atoms with Gasteiger partial charge in [0.25, 0.3) is 0 Å². The first-order chi connectivity index (χ1) is 8.82. The van der Waals surface area contributed by atoms with Crippen molar-refractivity contribution in [1.82, 2.24) is 0 Å². The third-order valence-corrected chi connectivity index (χ3v) is 2.59. The summed E-state index contributed by atoms with van der Waals surface area (Å²) in [6.45, 7) is 16.1. The van der Waals surface area contributed by atoms with E-state index in [0.29, 0.717) is 0 Å². The minimum atomic E-state index is 0.0542. The molecule has 0 bridgehead atoms. The third-order valence-electron chi connectivity index (χ3n) is 2.59. The molecule has 2 nitrogen and oxygen atoms in total. The zero-order chi connectivity index (χ0) is 15.6. The SMILES string of the molecule is CC.CC.CC(=O)N(C)c1ccc(C(C)(C)C)cc1. The quantitative estimate of drug-likeness (QED) is 0.698. The molecule has 19 heavy (non-hydrogen) atoms. The van der Waals surface area contributed by atoms with Crippen molar-refractivity contribution < 1.29 is 4.79 Å². The van der Waals surface area contributed by atoms with Crippen molar-refractivity contribution in [2.24, 2.45) is 0 Å². The maximum Gasteiger partial charge on any atom is 0.223 e. The van der Waals surface area contributed by atoms with Crippen LogP contribution >= 0.6 is 0 Å². The van der Waals surface area contributed by atoms with Gasteiger partial charge in [-0.25, -0.2) is 0 Å². The Balaban J connectivity index is 0. The molecular formula is C17H31NO. The van der Waals surface area contributed by atoms with Crippen LogP contribution in [0.15, 0.2) is 24.3 Å². The topological polar surface area (TPSA) is 20.3 Å². The van der Waals surface area contributed by atoms with E-state index in [1.54, 1.807) is 18.9 Å². The van der Waals surface area contributed by atoms with E-state index in [4.69, 9.17) is 0 Å². The summed E-state index contributed by atoms with van der Waals surface area (Å²) in [7, 11) is 1.79. The van der Waals surface area contributed by atoms with E-state index < -0.39 is 0 Å². The molecule has 0 fully saturated rings. The second kappa shape index (κ2) is 9.60. The van der Waals surface area contributed by atoms with Crippen molar-refractivity contribution in [3.05, 3.63) is 29.8 Å². The Morgan fingerprint density at radius 1 is 0.947 bits per heavy atom. The molecule has 0 N–H and O–H groups in total. The zero-order valence-electron chi connectivity index (χ0n) is 14.2. The molecule has 0 radical (unpaired) electrons. The molecule has 0 saturated heterocycles. The maximum atomic E-state index is 11.2. The van der Waals surface area contributed by atoms with Gasteiger partial charge in [0, 0.05) is 19.7 Å². The number of hydrogen-bond donors (Lipinski definition) is 0. The van der Waals surface area contributed by atoms with E-state index in [-0.39, 0.29) is 11.3 Å². The molecule has 0 aliphatic rings. The Kier molecular flexibility index (Phi) is 10.1. The Bertz CT molecular complexity index is 347. The minimum Gasteiger partial charge on any atom is -0.316 e. The molecule has 0 atom stereocenters. The lowest BCUT2D eigenvalue weighted by Gasteiger charge is -2.21. The fourth-order valence-corrected chi connectivity index (χ4v) is 1.37. The average Bonchev–Trinajstić information content (AvgIpc) is 2.41. The number of hydrogen-bond acceptors (Lipinski definition) is 1. The molecule has 0 heterocycles. The molecule has 0 aliphatic carbocycles. The molecule has 110 valence electrons. The normalized spacial score (nSPS) is 9.53. The van der Waals surface area contributed by atoms with E-state index in [0.717, 1.165) is 5.69 Å². The predicted octanol–water partition coefficient (Wildman–Crippen LogP) is 5.02. The van der Waals surface area contributed by atoms with Crippen LogP contribution in [0.1, 0.15) is 61.0 Å². The molecule has 0 saturated carbocycles. The molecule has 0 aliphatic heterocycles. The summed E-state index contributed by atoms with van der Waals surface area (Å²) in [4.78, 5) is 12.8. The molecule has 2 heteroatoms. The van der Waals surface area contributed by atoms with Crippen LogP contribution in [0.2, 0.25) is 0 Å². The molecular weight excluding hydrogens is 234 g/mol. The molecule has 1 aromatic carbocycles. The van der Waals surface area contributed by atoms with Crippen molar-refractivity contribution in [1.29, 1.82) is 0 Å². The van der Waals surface area contributed by atoms with Gasteiger partial charge in [-0.1, -0.05) is 60.6 Å².